The number of nitrogens with zero attached hydrogens (tertiary/aromatic N) is 2. The van der Waals surface area contributed by atoms with Gasteiger partial charge in [-0.3, -0.25) is 14.4 Å². The van der Waals surface area contributed by atoms with Gasteiger partial charge in [0.05, 0.1) is 11.5 Å². The first-order valence-corrected chi connectivity index (χ1v) is 10.4. The van der Waals surface area contributed by atoms with Gasteiger partial charge in [0.25, 0.3) is 5.91 Å². The van der Waals surface area contributed by atoms with Gasteiger partial charge in [-0.25, -0.2) is 13.2 Å². The summed E-state index contributed by atoms with van der Waals surface area (Å²) in [7, 11) is 0. The first-order valence-electron chi connectivity index (χ1n) is 10.4. The van der Waals surface area contributed by atoms with Gasteiger partial charge in [-0.15, -0.1) is 0 Å². The molecule has 2 fully saturated rings. The lowest BCUT2D eigenvalue weighted by atomic mass is 10.0. The van der Waals surface area contributed by atoms with Gasteiger partial charge >= 0.3 is 0 Å². The van der Waals surface area contributed by atoms with Crippen LogP contribution in [0.1, 0.15) is 29.6 Å². The number of anilines is 1. The molecule has 1 atom stereocenters. The molecule has 2 aromatic rings. The van der Waals surface area contributed by atoms with E-state index in [9.17, 15) is 27.6 Å². The molecule has 0 bridgehead atoms. The number of likely N-dealkylation sites (tertiary alicyclic amines) is 1. The molecule has 2 aromatic carbocycles. The lowest BCUT2D eigenvalue weighted by Gasteiger charge is -2.33. The van der Waals surface area contributed by atoms with Gasteiger partial charge in [0.2, 0.25) is 11.8 Å². The summed E-state index contributed by atoms with van der Waals surface area (Å²) in [6.45, 7) is 0.783. The third-order valence-corrected chi connectivity index (χ3v) is 5.89. The Morgan fingerprint density at radius 2 is 1.62 bits per heavy atom. The minimum atomic E-state index is -0.794. The fraction of sp³-hybridized carbons (Fsp3) is 0.348. The number of carbonyl (C=O) groups excluding carboxylic acids is 3. The Kier molecular flexibility index (Phi) is 6.16. The zero-order chi connectivity index (χ0) is 22.8. The highest BCUT2D eigenvalue weighted by Crippen LogP contribution is 2.27. The lowest BCUT2D eigenvalue weighted by molar-refractivity contribution is -0.127. The van der Waals surface area contributed by atoms with E-state index in [4.69, 9.17) is 0 Å². The third-order valence-electron chi connectivity index (χ3n) is 5.89. The molecule has 0 radical (unpaired) electrons. The number of piperidine rings is 1. The minimum Gasteiger partial charge on any atom is -0.353 e. The predicted octanol–water partition coefficient (Wildman–Crippen LogP) is 2.88. The van der Waals surface area contributed by atoms with Gasteiger partial charge in [-0.2, -0.15) is 0 Å². The SMILES string of the molecule is O=C(NC1CCN(C(=O)c2ccccc2F)CC1)C1CC(=O)N(c2cc(F)cc(F)c2)C1. The summed E-state index contributed by atoms with van der Waals surface area (Å²) in [5, 5.41) is 2.91. The van der Waals surface area contributed by atoms with Crippen molar-refractivity contribution < 1.29 is 27.6 Å². The van der Waals surface area contributed by atoms with Gasteiger partial charge in [0, 0.05) is 43.9 Å². The first-order chi connectivity index (χ1) is 15.3. The van der Waals surface area contributed by atoms with E-state index in [1.165, 1.54) is 23.1 Å². The fourth-order valence-electron chi connectivity index (χ4n) is 4.18. The summed E-state index contributed by atoms with van der Waals surface area (Å²) in [5.74, 6) is -3.85. The molecular weight excluding hydrogens is 423 g/mol. The molecule has 9 heteroatoms. The highest BCUT2D eigenvalue weighted by Gasteiger charge is 2.36. The highest BCUT2D eigenvalue weighted by molar-refractivity contribution is 6.00. The second kappa shape index (κ2) is 9.02. The number of amides is 3. The maximum Gasteiger partial charge on any atom is 0.256 e. The summed E-state index contributed by atoms with van der Waals surface area (Å²) in [4.78, 5) is 40.3. The Morgan fingerprint density at radius 1 is 0.969 bits per heavy atom. The average molecular weight is 445 g/mol. The molecule has 2 saturated heterocycles. The van der Waals surface area contributed by atoms with Gasteiger partial charge in [-0.05, 0) is 37.1 Å². The van der Waals surface area contributed by atoms with E-state index < -0.39 is 23.4 Å². The largest absolute Gasteiger partial charge is 0.353 e. The molecule has 0 aliphatic carbocycles. The Balaban J connectivity index is 1.31. The number of benzene rings is 2. The quantitative estimate of drug-likeness (QED) is 0.787. The fourth-order valence-corrected chi connectivity index (χ4v) is 4.18. The molecule has 1 N–H and O–H groups in total. The molecule has 1 unspecified atom stereocenters. The number of hydrogen-bond acceptors (Lipinski definition) is 3. The van der Waals surface area contributed by atoms with Crippen molar-refractivity contribution in [1.29, 1.82) is 0 Å². The summed E-state index contributed by atoms with van der Waals surface area (Å²) in [6, 6.07) is 8.47. The standard InChI is InChI=1S/C23H22F3N3O3/c24-15-10-16(25)12-18(11-15)29-13-14(9-21(29)30)22(31)27-17-5-7-28(8-6-17)23(32)19-3-1-2-4-20(19)26/h1-4,10-12,14,17H,5-9,13H2,(H,27,31). The molecule has 2 aliphatic heterocycles. The molecule has 6 nitrogen and oxygen atoms in total. The number of hydrogen-bond donors (Lipinski definition) is 1. The lowest BCUT2D eigenvalue weighted by Crippen LogP contribution is -2.48. The minimum absolute atomic E-state index is 0.0216. The smallest absolute Gasteiger partial charge is 0.256 e. The molecule has 0 saturated carbocycles. The predicted molar refractivity (Wildman–Crippen MR) is 110 cm³/mol. The second-order valence-corrected chi connectivity index (χ2v) is 8.09. The van der Waals surface area contributed by atoms with E-state index in [-0.39, 0.29) is 48.0 Å². The third kappa shape index (κ3) is 4.61. The molecule has 168 valence electrons. The van der Waals surface area contributed by atoms with Crippen LogP contribution in [0.25, 0.3) is 0 Å². The highest BCUT2D eigenvalue weighted by atomic mass is 19.1. The van der Waals surface area contributed by atoms with Crippen LogP contribution < -0.4 is 10.2 Å². The van der Waals surface area contributed by atoms with Crippen molar-refractivity contribution in [3.63, 3.8) is 0 Å². The molecule has 32 heavy (non-hydrogen) atoms. The average Bonchev–Trinajstić information content (AvgIpc) is 3.15. The molecule has 4 rings (SSSR count). The van der Waals surface area contributed by atoms with Crippen LogP contribution in [0.15, 0.2) is 42.5 Å². The monoisotopic (exact) mass is 445 g/mol. The maximum atomic E-state index is 13.9. The molecule has 3 amide bonds. The van der Waals surface area contributed by atoms with Crippen LogP contribution in [-0.2, 0) is 9.59 Å². The zero-order valence-electron chi connectivity index (χ0n) is 17.2. The number of rotatable bonds is 4. The molecule has 0 aromatic heterocycles. The van der Waals surface area contributed by atoms with Crippen molar-refractivity contribution in [3.05, 3.63) is 65.5 Å². The number of nitrogens with one attached hydrogen (secondary N) is 1. The van der Waals surface area contributed by atoms with Crippen LogP contribution in [0.4, 0.5) is 18.9 Å². The van der Waals surface area contributed by atoms with Gasteiger partial charge in [0.1, 0.15) is 17.5 Å². The normalized spacial score (nSPS) is 19.3. The maximum absolute atomic E-state index is 13.9. The number of carbonyl (C=O) groups is 3. The van der Waals surface area contributed by atoms with Crippen LogP contribution in [0, 0.1) is 23.4 Å². The van der Waals surface area contributed by atoms with Crippen molar-refractivity contribution in [2.24, 2.45) is 5.92 Å². The van der Waals surface area contributed by atoms with E-state index in [0.29, 0.717) is 25.9 Å². The van der Waals surface area contributed by atoms with E-state index in [1.807, 2.05) is 0 Å². The number of halogens is 3. The Bertz CT molecular complexity index is 1030. The van der Waals surface area contributed by atoms with Crippen LogP contribution in [0.3, 0.4) is 0 Å². The van der Waals surface area contributed by atoms with Crippen molar-refractivity contribution in [1.82, 2.24) is 10.2 Å². The topological polar surface area (TPSA) is 69.7 Å². The van der Waals surface area contributed by atoms with Crippen molar-refractivity contribution in [2.45, 2.75) is 25.3 Å². The molecule has 0 spiro atoms. The molecular formula is C23H22F3N3O3. The summed E-state index contributed by atoms with van der Waals surface area (Å²) in [6.07, 6.45) is 0.964. The van der Waals surface area contributed by atoms with E-state index in [1.54, 1.807) is 11.0 Å². The van der Waals surface area contributed by atoms with E-state index in [2.05, 4.69) is 5.32 Å². The van der Waals surface area contributed by atoms with Crippen molar-refractivity contribution in [3.8, 4) is 0 Å². The van der Waals surface area contributed by atoms with Crippen LogP contribution in [0.2, 0.25) is 0 Å². The van der Waals surface area contributed by atoms with Crippen LogP contribution in [0.5, 0.6) is 0 Å². The second-order valence-electron chi connectivity index (χ2n) is 8.09. The summed E-state index contributed by atoms with van der Waals surface area (Å²) < 4.78 is 40.8. The summed E-state index contributed by atoms with van der Waals surface area (Å²) >= 11 is 0. The Hall–Kier alpha value is -3.36. The first kappa shape index (κ1) is 21.9. The van der Waals surface area contributed by atoms with Crippen LogP contribution in [-0.4, -0.2) is 48.3 Å². The molecule has 2 aliphatic rings. The van der Waals surface area contributed by atoms with Gasteiger partial charge < -0.3 is 15.1 Å². The Morgan fingerprint density at radius 3 is 2.28 bits per heavy atom. The zero-order valence-corrected chi connectivity index (χ0v) is 17.2. The van der Waals surface area contributed by atoms with E-state index in [0.717, 1.165) is 18.2 Å². The Labute approximate surface area is 183 Å². The van der Waals surface area contributed by atoms with Gasteiger partial charge in [-0.1, -0.05) is 12.1 Å². The van der Waals surface area contributed by atoms with Crippen LogP contribution >= 0.6 is 0 Å². The van der Waals surface area contributed by atoms with Crippen molar-refractivity contribution >= 4 is 23.4 Å². The van der Waals surface area contributed by atoms with Crippen molar-refractivity contribution in [2.75, 3.05) is 24.5 Å². The summed E-state index contributed by atoms with van der Waals surface area (Å²) in [5.41, 5.74) is 0.107. The van der Waals surface area contributed by atoms with Gasteiger partial charge in [0.15, 0.2) is 0 Å². The van der Waals surface area contributed by atoms with E-state index >= 15 is 0 Å². The molecule has 2 heterocycles.